The summed E-state index contributed by atoms with van der Waals surface area (Å²) in [4.78, 5) is 0. The fraction of sp³-hybridized carbons (Fsp3) is 0.0714. The average molecular weight is 226 g/mol. The molecule has 0 heterocycles. The number of nitriles is 1. The minimum Gasteiger partial charge on any atom is -0.381 e. The summed E-state index contributed by atoms with van der Waals surface area (Å²) in [5.41, 5.74) is 2.07. The van der Waals surface area contributed by atoms with Gasteiger partial charge < -0.3 is 5.32 Å². The van der Waals surface area contributed by atoms with Crippen LogP contribution in [-0.4, -0.2) is 0 Å². The number of para-hydroxylation sites is 1. The van der Waals surface area contributed by atoms with Gasteiger partial charge in [0.25, 0.3) is 0 Å². The predicted octanol–water partition coefficient (Wildman–Crippen LogP) is 3.31. The van der Waals surface area contributed by atoms with Crippen LogP contribution in [0.1, 0.15) is 11.1 Å². The Labute approximate surface area is 99.3 Å². The molecule has 84 valence electrons. The fourth-order valence-corrected chi connectivity index (χ4v) is 1.58. The topological polar surface area (TPSA) is 35.8 Å². The molecule has 0 spiro atoms. The van der Waals surface area contributed by atoms with Gasteiger partial charge in [0.05, 0.1) is 11.6 Å². The summed E-state index contributed by atoms with van der Waals surface area (Å²) in [5, 5.41) is 11.9. The quantitative estimate of drug-likeness (QED) is 0.871. The molecule has 0 atom stereocenters. The van der Waals surface area contributed by atoms with Gasteiger partial charge in [0.2, 0.25) is 0 Å². The molecule has 2 rings (SSSR count). The van der Waals surface area contributed by atoms with Crippen LogP contribution in [0.2, 0.25) is 0 Å². The highest BCUT2D eigenvalue weighted by atomic mass is 19.1. The van der Waals surface area contributed by atoms with Crippen LogP contribution in [0.25, 0.3) is 0 Å². The molecule has 2 nitrogen and oxygen atoms in total. The Morgan fingerprint density at radius 2 is 1.88 bits per heavy atom. The van der Waals surface area contributed by atoms with E-state index in [-0.39, 0.29) is 5.82 Å². The smallest absolute Gasteiger partial charge is 0.124 e. The van der Waals surface area contributed by atoms with Gasteiger partial charge in [-0.3, -0.25) is 0 Å². The number of nitrogens with zero attached hydrogens (tertiary/aromatic N) is 1. The van der Waals surface area contributed by atoms with Crippen molar-refractivity contribution < 1.29 is 4.39 Å². The molecule has 1 N–H and O–H groups in total. The van der Waals surface area contributed by atoms with E-state index in [0.717, 1.165) is 11.3 Å². The highest BCUT2D eigenvalue weighted by Gasteiger charge is 2.00. The Bertz CT molecular complexity index is 544. The number of nitrogens with one attached hydrogen (secondary N) is 1. The van der Waals surface area contributed by atoms with Gasteiger partial charge in [-0.25, -0.2) is 4.39 Å². The molecule has 2 aromatic rings. The van der Waals surface area contributed by atoms with Crippen molar-refractivity contribution in [2.75, 3.05) is 5.32 Å². The Morgan fingerprint density at radius 1 is 1.12 bits per heavy atom. The lowest BCUT2D eigenvalue weighted by Crippen LogP contribution is -2.00. The van der Waals surface area contributed by atoms with Crippen molar-refractivity contribution in [2.24, 2.45) is 0 Å². The van der Waals surface area contributed by atoms with Gasteiger partial charge in [-0.15, -0.1) is 0 Å². The van der Waals surface area contributed by atoms with Gasteiger partial charge in [-0.1, -0.05) is 18.2 Å². The molecule has 0 saturated carbocycles. The minimum absolute atomic E-state index is 0.342. The molecule has 0 bridgehead atoms. The highest BCUT2D eigenvalue weighted by Crippen LogP contribution is 2.11. The van der Waals surface area contributed by atoms with E-state index < -0.39 is 0 Å². The number of halogens is 1. The lowest BCUT2D eigenvalue weighted by molar-refractivity contribution is 0.625. The molecule has 0 fully saturated rings. The maximum absolute atomic E-state index is 13.2. The van der Waals surface area contributed by atoms with Crippen molar-refractivity contribution in [2.45, 2.75) is 6.54 Å². The molecule has 0 unspecified atom stereocenters. The number of benzene rings is 2. The zero-order valence-corrected chi connectivity index (χ0v) is 9.15. The molecule has 0 aromatic heterocycles. The predicted molar refractivity (Wildman–Crippen MR) is 64.9 cm³/mol. The Morgan fingerprint density at radius 3 is 2.59 bits per heavy atom. The summed E-state index contributed by atoms with van der Waals surface area (Å²) in [5.74, 6) is -0.381. The van der Waals surface area contributed by atoms with Crippen molar-refractivity contribution >= 4 is 5.69 Å². The molecule has 0 radical (unpaired) electrons. The van der Waals surface area contributed by atoms with E-state index >= 15 is 0 Å². The zero-order chi connectivity index (χ0) is 12.1. The summed E-state index contributed by atoms with van der Waals surface area (Å²) in [6.45, 7) is 0.496. The van der Waals surface area contributed by atoms with Crippen LogP contribution >= 0.6 is 0 Å². The van der Waals surface area contributed by atoms with E-state index in [1.807, 2.05) is 36.4 Å². The first-order chi connectivity index (χ1) is 8.28. The van der Waals surface area contributed by atoms with Gasteiger partial charge in [-0.05, 0) is 35.9 Å². The number of hydrogen-bond donors (Lipinski definition) is 1. The van der Waals surface area contributed by atoms with Crippen LogP contribution in [0.3, 0.4) is 0 Å². The third-order valence-electron chi connectivity index (χ3n) is 2.36. The molecule has 2 aromatic carbocycles. The minimum atomic E-state index is -0.381. The molecule has 0 amide bonds. The molecular weight excluding hydrogens is 215 g/mol. The van der Waals surface area contributed by atoms with E-state index in [1.54, 1.807) is 6.07 Å². The summed E-state index contributed by atoms with van der Waals surface area (Å²) < 4.78 is 13.2. The van der Waals surface area contributed by atoms with E-state index in [0.29, 0.717) is 12.1 Å². The van der Waals surface area contributed by atoms with Gasteiger partial charge in [0, 0.05) is 12.2 Å². The summed E-state index contributed by atoms with van der Waals surface area (Å²) in [6.07, 6.45) is 0. The Kier molecular flexibility index (Phi) is 3.37. The normalized spacial score (nSPS) is 9.65. The monoisotopic (exact) mass is 226 g/mol. The van der Waals surface area contributed by atoms with E-state index in [2.05, 4.69) is 5.32 Å². The van der Waals surface area contributed by atoms with Gasteiger partial charge in [0.15, 0.2) is 0 Å². The number of anilines is 1. The first-order valence-electron chi connectivity index (χ1n) is 5.26. The van der Waals surface area contributed by atoms with E-state index in [1.165, 1.54) is 12.1 Å². The maximum Gasteiger partial charge on any atom is 0.124 e. The second-order valence-corrected chi connectivity index (χ2v) is 3.68. The average Bonchev–Trinajstić information content (AvgIpc) is 2.37. The van der Waals surface area contributed by atoms with E-state index in [9.17, 15) is 4.39 Å². The van der Waals surface area contributed by atoms with Crippen molar-refractivity contribution in [3.05, 3.63) is 65.5 Å². The molecule has 0 aliphatic rings. The van der Waals surface area contributed by atoms with Gasteiger partial charge >= 0.3 is 0 Å². The van der Waals surface area contributed by atoms with Crippen LogP contribution in [0, 0.1) is 17.1 Å². The molecule has 0 aliphatic heterocycles. The molecule has 0 aliphatic carbocycles. The fourth-order valence-electron chi connectivity index (χ4n) is 1.58. The lowest BCUT2D eigenvalue weighted by Gasteiger charge is -2.06. The van der Waals surface area contributed by atoms with Gasteiger partial charge in [0.1, 0.15) is 5.82 Å². The maximum atomic E-state index is 13.2. The van der Waals surface area contributed by atoms with Crippen molar-refractivity contribution in [3.8, 4) is 6.07 Å². The summed E-state index contributed by atoms with van der Waals surface area (Å²) in [7, 11) is 0. The van der Waals surface area contributed by atoms with E-state index in [4.69, 9.17) is 5.26 Å². The number of hydrogen-bond acceptors (Lipinski definition) is 2. The van der Waals surface area contributed by atoms with Crippen molar-refractivity contribution in [1.82, 2.24) is 0 Å². The van der Waals surface area contributed by atoms with Crippen LogP contribution in [0.5, 0.6) is 0 Å². The summed E-state index contributed by atoms with van der Waals surface area (Å²) in [6, 6.07) is 15.9. The van der Waals surface area contributed by atoms with Gasteiger partial charge in [-0.2, -0.15) is 5.26 Å². The summed E-state index contributed by atoms with van der Waals surface area (Å²) >= 11 is 0. The third kappa shape index (κ3) is 3.05. The van der Waals surface area contributed by atoms with Crippen LogP contribution in [0.15, 0.2) is 48.5 Å². The molecule has 0 saturated heterocycles. The Balaban J connectivity index is 2.10. The SMILES string of the molecule is N#Cc1cc(F)cc(CNc2ccccc2)c1. The van der Waals surface area contributed by atoms with Crippen molar-refractivity contribution in [3.63, 3.8) is 0 Å². The lowest BCUT2D eigenvalue weighted by atomic mass is 10.1. The second-order valence-electron chi connectivity index (χ2n) is 3.68. The van der Waals surface area contributed by atoms with Crippen LogP contribution < -0.4 is 5.32 Å². The van der Waals surface area contributed by atoms with Crippen LogP contribution in [-0.2, 0) is 6.54 Å². The molecule has 3 heteroatoms. The first kappa shape index (κ1) is 11.2. The largest absolute Gasteiger partial charge is 0.381 e. The number of rotatable bonds is 3. The Hall–Kier alpha value is -2.34. The standard InChI is InChI=1S/C14H11FN2/c15-13-7-11(9-16)6-12(8-13)10-17-14-4-2-1-3-5-14/h1-8,17H,10H2. The van der Waals surface area contributed by atoms with Crippen molar-refractivity contribution in [1.29, 1.82) is 5.26 Å². The second kappa shape index (κ2) is 5.13. The third-order valence-corrected chi connectivity index (χ3v) is 2.36. The first-order valence-corrected chi connectivity index (χ1v) is 5.26. The highest BCUT2D eigenvalue weighted by molar-refractivity contribution is 5.44. The van der Waals surface area contributed by atoms with Crippen LogP contribution in [0.4, 0.5) is 10.1 Å². The molecular formula is C14H11FN2. The zero-order valence-electron chi connectivity index (χ0n) is 9.15. The molecule has 17 heavy (non-hydrogen) atoms.